The number of carbonyl (C=O) groups excluding carboxylic acids is 1. The van der Waals surface area contributed by atoms with Gasteiger partial charge in [-0.1, -0.05) is 30.3 Å². The number of aryl methyl sites for hydroxylation is 2. The van der Waals surface area contributed by atoms with Crippen LogP contribution >= 0.6 is 0 Å². The third kappa shape index (κ3) is 4.29. The summed E-state index contributed by atoms with van der Waals surface area (Å²) in [5.74, 6) is -2.17. The Bertz CT molecular complexity index is 1610. The lowest BCUT2D eigenvalue weighted by atomic mass is 10.0. The first kappa shape index (κ1) is 23.7. The fraction of sp³-hybridized carbons (Fsp3) is 0.0690. The second kappa shape index (κ2) is 9.23. The third-order valence-electron chi connectivity index (χ3n) is 6.35. The van der Waals surface area contributed by atoms with Crippen molar-refractivity contribution in [3.63, 3.8) is 0 Å². The fourth-order valence-corrected chi connectivity index (χ4v) is 4.25. The first-order valence-electron chi connectivity index (χ1n) is 11.5. The van der Waals surface area contributed by atoms with Gasteiger partial charge in [0.05, 0.1) is 16.9 Å². The number of amides is 1. The molecule has 0 radical (unpaired) electrons. The van der Waals surface area contributed by atoms with Gasteiger partial charge in [0.15, 0.2) is 5.71 Å². The Morgan fingerprint density at radius 3 is 2.46 bits per heavy atom. The van der Waals surface area contributed by atoms with Crippen molar-refractivity contribution in [1.82, 2.24) is 0 Å². The summed E-state index contributed by atoms with van der Waals surface area (Å²) < 4.78 is 14.2. The summed E-state index contributed by atoms with van der Waals surface area (Å²) in [5, 5.41) is 24.5. The molecular formula is C29H22FN3O4. The number of phenols is 1. The number of hydrogen-bond acceptors (Lipinski definition) is 5. The molecule has 8 heteroatoms. The monoisotopic (exact) mass is 495 g/mol. The number of rotatable bonds is 5. The Balaban J connectivity index is 1.53. The van der Waals surface area contributed by atoms with E-state index in [1.54, 1.807) is 36.4 Å². The van der Waals surface area contributed by atoms with Crippen LogP contribution in [-0.4, -0.2) is 27.8 Å². The van der Waals surface area contributed by atoms with Crippen molar-refractivity contribution in [2.75, 3.05) is 10.3 Å². The number of anilines is 3. The average Bonchev–Trinajstić information content (AvgIpc) is 3.15. The Kier molecular flexibility index (Phi) is 5.93. The molecule has 0 aromatic heterocycles. The van der Waals surface area contributed by atoms with Gasteiger partial charge in [-0.2, -0.15) is 5.10 Å². The van der Waals surface area contributed by atoms with Gasteiger partial charge in [0, 0.05) is 16.8 Å². The van der Waals surface area contributed by atoms with Crippen LogP contribution in [0.25, 0.3) is 11.1 Å². The predicted molar refractivity (Wildman–Crippen MR) is 140 cm³/mol. The second-order valence-electron chi connectivity index (χ2n) is 8.73. The molecule has 0 saturated heterocycles. The number of aromatic carboxylic acids is 1. The molecule has 1 heterocycles. The van der Waals surface area contributed by atoms with E-state index >= 15 is 0 Å². The number of carboxylic acid groups (broad SMARTS) is 1. The lowest BCUT2D eigenvalue weighted by Gasteiger charge is -2.18. The van der Waals surface area contributed by atoms with Crippen molar-refractivity contribution in [1.29, 1.82) is 0 Å². The van der Waals surface area contributed by atoms with Crippen LogP contribution in [0.4, 0.5) is 21.5 Å². The summed E-state index contributed by atoms with van der Waals surface area (Å²) >= 11 is 0. The molecule has 37 heavy (non-hydrogen) atoms. The first-order chi connectivity index (χ1) is 17.7. The number of hydrogen-bond donors (Lipinski definition) is 3. The number of carboxylic acids is 1. The Morgan fingerprint density at radius 1 is 0.919 bits per heavy atom. The van der Waals surface area contributed by atoms with Gasteiger partial charge >= 0.3 is 5.97 Å². The molecule has 0 aliphatic carbocycles. The van der Waals surface area contributed by atoms with Gasteiger partial charge in [-0.3, -0.25) is 15.1 Å². The molecule has 0 atom stereocenters. The van der Waals surface area contributed by atoms with Gasteiger partial charge in [-0.25, -0.2) is 9.18 Å². The summed E-state index contributed by atoms with van der Waals surface area (Å²) in [6.45, 7) is 3.90. The van der Waals surface area contributed by atoms with Crippen LogP contribution in [0.1, 0.15) is 27.0 Å². The third-order valence-corrected chi connectivity index (χ3v) is 6.35. The topological polar surface area (TPSA) is 102 Å². The van der Waals surface area contributed by atoms with Crippen molar-refractivity contribution < 1.29 is 24.2 Å². The number of carbonyl (C=O) groups is 2. The molecule has 184 valence electrons. The van der Waals surface area contributed by atoms with Gasteiger partial charge in [-0.15, -0.1) is 0 Å². The van der Waals surface area contributed by atoms with E-state index in [9.17, 15) is 24.2 Å². The lowest BCUT2D eigenvalue weighted by molar-refractivity contribution is -0.111. The smallest absolute Gasteiger partial charge is 0.335 e. The summed E-state index contributed by atoms with van der Waals surface area (Å²) in [6.07, 6.45) is 0. The molecular weight excluding hydrogens is 473 g/mol. The van der Waals surface area contributed by atoms with E-state index in [-0.39, 0.29) is 22.7 Å². The van der Waals surface area contributed by atoms with E-state index < -0.39 is 17.7 Å². The number of aromatic hydroxyl groups is 1. The van der Waals surface area contributed by atoms with Crippen LogP contribution in [-0.2, 0) is 4.79 Å². The van der Waals surface area contributed by atoms with Crippen LogP contribution in [0.2, 0.25) is 0 Å². The largest absolute Gasteiger partial charge is 0.505 e. The second-order valence-corrected chi connectivity index (χ2v) is 8.73. The molecule has 0 fully saturated rings. The van der Waals surface area contributed by atoms with Gasteiger partial charge in [-0.05, 0) is 79.1 Å². The van der Waals surface area contributed by atoms with Crippen LogP contribution in [0.3, 0.4) is 0 Å². The Hall–Kier alpha value is -4.98. The number of halogens is 1. The van der Waals surface area contributed by atoms with Crippen molar-refractivity contribution in [2.24, 2.45) is 5.10 Å². The number of nitrogens with one attached hydrogen (secondary N) is 1. The summed E-state index contributed by atoms with van der Waals surface area (Å²) in [5.41, 5.74) is 7.48. The van der Waals surface area contributed by atoms with Crippen molar-refractivity contribution in [2.45, 2.75) is 13.8 Å². The highest BCUT2D eigenvalue weighted by molar-refractivity contribution is 6.55. The number of phenolic OH excluding ortho intramolecular Hbond substituents is 1. The molecule has 0 bridgehead atoms. The Morgan fingerprint density at radius 2 is 1.70 bits per heavy atom. The normalized spacial score (nSPS) is 13.6. The zero-order valence-corrected chi connectivity index (χ0v) is 20.0. The highest BCUT2D eigenvalue weighted by Crippen LogP contribution is 2.38. The van der Waals surface area contributed by atoms with Crippen LogP contribution in [0.5, 0.6) is 5.75 Å². The predicted octanol–water partition coefficient (Wildman–Crippen LogP) is 6.01. The lowest BCUT2D eigenvalue weighted by Crippen LogP contribution is -2.26. The number of fused-ring (bicyclic) bond motifs is 1. The molecule has 1 amide bonds. The maximum Gasteiger partial charge on any atom is 0.335 e. The zero-order valence-electron chi connectivity index (χ0n) is 20.0. The highest BCUT2D eigenvalue weighted by Gasteiger charge is 2.36. The van der Waals surface area contributed by atoms with E-state index in [1.165, 1.54) is 35.2 Å². The minimum Gasteiger partial charge on any atom is -0.505 e. The minimum atomic E-state index is -1.08. The van der Waals surface area contributed by atoms with Crippen molar-refractivity contribution in [3.8, 4) is 16.9 Å². The van der Waals surface area contributed by atoms with E-state index in [0.717, 1.165) is 11.1 Å². The van der Waals surface area contributed by atoms with E-state index in [2.05, 4.69) is 10.5 Å². The van der Waals surface area contributed by atoms with Crippen LogP contribution < -0.4 is 10.3 Å². The molecule has 3 N–H and O–H groups in total. The zero-order chi connectivity index (χ0) is 26.3. The van der Waals surface area contributed by atoms with E-state index in [0.29, 0.717) is 28.1 Å². The molecule has 7 nitrogen and oxygen atoms in total. The molecule has 4 aromatic carbocycles. The number of benzene rings is 4. The molecule has 0 saturated carbocycles. The average molecular weight is 496 g/mol. The van der Waals surface area contributed by atoms with Crippen molar-refractivity contribution >= 4 is 34.7 Å². The number of nitrogens with zero attached hydrogens (tertiary/aromatic N) is 2. The molecule has 0 unspecified atom stereocenters. The van der Waals surface area contributed by atoms with E-state index in [4.69, 9.17) is 0 Å². The fourth-order valence-electron chi connectivity index (χ4n) is 4.25. The molecule has 1 aliphatic heterocycles. The van der Waals surface area contributed by atoms with E-state index in [1.807, 2.05) is 26.0 Å². The van der Waals surface area contributed by atoms with Crippen molar-refractivity contribution in [3.05, 3.63) is 107 Å². The first-order valence-corrected chi connectivity index (χ1v) is 11.5. The molecule has 4 aromatic rings. The maximum absolute atomic E-state index is 14.2. The van der Waals surface area contributed by atoms with Crippen LogP contribution in [0, 0.1) is 19.7 Å². The number of hydrazone groups is 1. The summed E-state index contributed by atoms with van der Waals surface area (Å²) in [6, 6.07) is 20.7. The summed E-state index contributed by atoms with van der Waals surface area (Å²) in [7, 11) is 0. The molecule has 1 aliphatic rings. The highest BCUT2D eigenvalue weighted by atomic mass is 19.1. The van der Waals surface area contributed by atoms with Gasteiger partial charge in [0.1, 0.15) is 11.6 Å². The standard InChI is InChI=1S/C29H22FN3O4/c1-16-9-11-21(13-17(16)2)33-25-15-20(30)10-12-23(25)26(28(33)35)32-31-24-8-4-7-22(27(24)34)18-5-3-6-19(14-18)29(36)37/h3-15,31,34H,1-2H3,(H,36,37)/b32-26-. The van der Waals surface area contributed by atoms with Gasteiger partial charge in [0.2, 0.25) is 0 Å². The SMILES string of the molecule is Cc1ccc(N2C(=O)/C(=N\Nc3cccc(-c4cccc(C(=O)O)c4)c3O)c3ccc(F)cc32)cc1C. The van der Waals surface area contributed by atoms with Gasteiger partial charge in [0.25, 0.3) is 5.91 Å². The van der Waals surface area contributed by atoms with Crippen LogP contribution in [0.15, 0.2) is 84.0 Å². The minimum absolute atomic E-state index is 0.0610. The molecule has 0 spiro atoms. The Labute approximate surface area is 212 Å². The summed E-state index contributed by atoms with van der Waals surface area (Å²) in [4.78, 5) is 26.2. The number of para-hydroxylation sites is 1. The molecule has 5 rings (SSSR count). The maximum atomic E-state index is 14.2. The quantitative estimate of drug-likeness (QED) is 0.233. The van der Waals surface area contributed by atoms with Gasteiger partial charge < -0.3 is 10.2 Å².